The molecule has 2 aromatic rings. The topological polar surface area (TPSA) is 56.3 Å². The van der Waals surface area contributed by atoms with Crippen LogP contribution in [0, 0.1) is 0 Å². The highest BCUT2D eigenvalue weighted by Gasteiger charge is 2.40. The summed E-state index contributed by atoms with van der Waals surface area (Å²) in [6.45, 7) is 2.56. The minimum atomic E-state index is -0.720. The predicted octanol–water partition coefficient (Wildman–Crippen LogP) is 1.37. The molecular weight excluding hydrogens is 216 g/mol. The van der Waals surface area contributed by atoms with E-state index in [0.717, 1.165) is 10.9 Å². The number of aromatic nitrogens is 1. The van der Waals surface area contributed by atoms with Crippen LogP contribution in [-0.2, 0) is 0 Å². The highest BCUT2D eigenvalue weighted by Crippen LogP contribution is 2.25. The summed E-state index contributed by atoms with van der Waals surface area (Å²) >= 11 is 0. The van der Waals surface area contributed by atoms with Gasteiger partial charge in [-0.25, -0.2) is 0 Å². The summed E-state index contributed by atoms with van der Waals surface area (Å²) in [6, 6.07) is 7.72. The summed E-state index contributed by atoms with van der Waals surface area (Å²) in [5.74, 6) is -0.0195. The van der Waals surface area contributed by atoms with Crippen molar-refractivity contribution >= 4 is 16.8 Å². The molecule has 2 N–H and O–H groups in total. The molecule has 1 aromatic carbocycles. The number of H-pyrrole nitrogens is 1. The summed E-state index contributed by atoms with van der Waals surface area (Å²) < 4.78 is 0. The van der Waals surface area contributed by atoms with Crippen LogP contribution in [0.4, 0.5) is 0 Å². The van der Waals surface area contributed by atoms with Gasteiger partial charge in [0.1, 0.15) is 0 Å². The molecule has 4 heteroatoms. The van der Waals surface area contributed by atoms with Gasteiger partial charge in [-0.1, -0.05) is 18.2 Å². The standard InChI is InChI=1S/C13H14N2O2/c1-13(17)7-15(8-13)12(16)10-6-14-11-5-3-2-4-9(10)11/h2-6,14,17H,7-8H2,1H3. The van der Waals surface area contributed by atoms with E-state index in [2.05, 4.69) is 4.98 Å². The van der Waals surface area contributed by atoms with Gasteiger partial charge in [-0.2, -0.15) is 0 Å². The van der Waals surface area contributed by atoms with Crippen LogP contribution < -0.4 is 0 Å². The number of fused-ring (bicyclic) bond motifs is 1. The smallest absolute Gasteiger partial charge is 0.256 e. The number of β-amino-alcohol motifs (C(OH)–C–C–N with tert-alkyl or cyclic N) is 1. The van der Waals surface area contributed by atoms with Crippen LogP contribution in [-0.4, -0.2) is 39.6 Å². The Balaban J connectivity index is 1.92. The zero-order valence-corrected chi connectivity index (χ0v) is 9.60. The third-order valence-corrected chi connectivity index (χ3v) is 3.17. The normalized spacial score (nSPS) is 18.1. The molecule has 4 nitrogen and oxygen atoms in total. The molecule has 0 spiro atoms. The maximum absolute atomic E-state index is 12.2. The number of amides is 1. The van der Waals surface area contributed by atoms with Crippen molar-refractivity contribution in [3.8, 4) is 0 Å². The van der Waals surface area contributed by atoms with Crippen molar-refractivity contribution in [2.75, 3.05) is 13.1 Å². The van der Waals surface area contributed by atoms with Gasteiger partial charge in [0.15, 0.2) is 0 Å². The van der Waals surface area contributed by atoms with Crippen molar-refractivity contribution in [1.82, 2.24) is 9.88 Å². The second kappa shape index (κ2) is 3.34. The molecule has 0 unspecified atom stereocenters. The predicted molar refractivity (Wildman–Crippen MR) is 64.8 cm³/mol. The van der Waals surface area contributed by atoms with Gasteiger partial charge in [0.25, 0.3) is 5.91 Å². The van der Waals surface area contributed by atoms with E-state index in [1.807, 2.05) is 24.3 Å². The molecule has 1 aliphatic rings. The summed E-state index contributed by atoms with van der Waals surface area (Å²) in [5, 5.41) is 10.6. The molecule has 0 radical (unpaired) electrons. The van der Waals surface area contributed by atoms with E-state index in [1.165, 1.54) is 0 Å². The molecule has 88 valence electrons. The van der Waals surface area contributed by atoms with Crippen molar-refractivity contribution in [2.45, 2.75) is 12.5 Å². The number of nitrogens with zero attached hydrogens (tertiary/aromatic N) is 1. The SMILES string of the molecule is CC1(O)CN(C(=O)c2c[nH]c3ccccc23)C1. The molecule has 1 fully saturated rings. The average molecular weight is 230 g/mol. The third kappa shape index (κ3) is 1.61. The number of carbonyl (C=O) groups is 1. The minimum absolute atomic E-state index is 0.0195. The number of carbonyl (C=O) groups excluding carboxylic acids is 1. The van der Waals surface area contributed by atoms with Crippen molar-refractivity contribution in [1.29, 1.82) is 0 Å². The molecule has 2 heterocycles. The Morgan fingerprint density at radius 3 is 2.82 bits per heavy atom. The number of para-hydroxylation sites is 1. The van der Waals surface area contributed by atoms with Gasteiger partial charge in [-0.05, 0) is 13.0 Å². The fourth-order valence-electron chi connectivity index (χ4n) is 2.34. The van der Waals surface area contributed by atoms with Crippen LogP contribution in [0.25, 0.3) is 10.9 Å². The van der Waals surface area contributed by atoms with Gasteiger partial charge >= 0.3 is 0 Å². The van der Waals surface area contributed by atoms with Gasteiger partial charge in [-0.3, -0.25) is 4.79 Å². The number of nitrogens with one attached hydrogen (secondary N) is 1. The van der Waals surface area contributed by atoms with E-state index in [-0.39, 0.29) is 5.91 Å². The molecule has 1 aliphatic heterocycles. The van der Waals surface area contributed by atoms with E-state index < -0.39 is 5.60 Å². The highest BCUT2D eigenvalue weighted by molar-refractivity contribution is 6.07. The Morgan fingerprint density at radius 2 is 2.12 bits per heavy atom. The lowest BCUT2D eigenvalue weighted by Gasteiger charge is -2.44. The molecule has 3 rings (SSSR count). The molecule has 1 amide bonds. The third-order valence-electron chi connectivity index (χ3n) is 3.17. The van der Waals surface area contributed by atoms with Gasteiger partial charge in [0.2, 0.25) is 0 Å². The maximum atomic E-state index is 12.2. The Kier molecular flexibility index (Phi) is 2.03. The summed E-state index contributed by atoms with van der Waals surface area (Å²) in [6.07, 6.45) is 1.74. The van der Waals surface area contributed by atoms with Crippen molar-refractivity contribution in [3.63, 3.8) is 0 Å². The van der Waals surface area contributed by atoms with Gasteiger partial charge in [0, 0.05) is 17.1 Å². The minimum Gasteiger partial charge on any atom is -0.386 e. The zero-order chi connectivity index (χ0) is 12.0. The Morgan fingerprint density at radius 1 is 1.41 bits per heavy atom. The molecular formula is C13H14N2O2. The summed E-state index contributed by atoms with van der Waals surface area (Å²) in [4.78, 5) is 16.9. The molecule has 0 bridgehead atoms. The van der Waals surface area contributed by atoms with E-state index in [9.17, 15) is 9.90 Å². The second-order valence-electron chi connectivity index (χ2n) is 4.91. The van der Waals surface area contributed by atoms with E-state index in [1.54, 1.807) is 18.0 Å². The lowest BCUT2D eigenvalue weighted by atomic mass is 9.96. The molecule has 0 aliphatic carbocycles. The van der Waals surface area contributed by atoms with E-state index in [4.69, 9.17) is 0 Å². The molecule has 1 aromatic heterocycles. The van der Waals surface area contributed by atoms with E-state index in [0.29, 0.717) is 18.7 Å². The van der Waals surface area contributed by atoms with Crippen LogP contribution in [0.1, 0.15) is 17.3 Å². The monoisotopic (exact) mass is 230 g/mol. The summed E-state index contributed by atoms with van der Waals surface area (Å²) in [5.41, 5.74) is 0.918. The van der Waals surface area contributed by atoms with Crippen LogP contribution in [0.2, 0.25) is 0 Å². The summed E-state index contributed by atoms with van der Waals surface area (Å²) in [7, 11) is 0. The molecule has 0 atom stereocenters. The van der Waals surface area contributed by atoms with Crippen molar-refractivity contribution in [2.24, 2.45) is 0 Å². The Bertz CT molecular complexity index is 578. The first-order valence-corrected chi connectivity index (χ1v) is 5.65. The van der Waals surface area contributed by atoms with Crippen LogP contribution in [0.5, 0.6) is 0 Å². The maximum Gasteiger partial charge on any atom is 0.256 e. The first kappa shape index (κ1) is 10.4. The largest absolute Gasteiger partial charge is 0.386 e. The fraction of sp³-hybridized carbons (Fsp3) is 0.308. The Labute approximate surface area is 98.9 Å². The van der Waals surface area contributed by atoms with Crippen LogP contribution >= 0.6 is 0 Å². The zero-order valence-electron chi connectivity index (χ0n) is 9.60. The van der Waals surface area contributed by atoms with Gasteiger partial charge in [0.05, 0.1) is 24.3 Å². The second-order valence-corrected chi connectivity index (χ2v) is 4.91. The number of aromatic amines is 1. The number of aliphatic hydroxyl groups is 1. The molecule has 17 heavy (non-hydrogen) atoms. The lowest BCUT2D eigenvalue weighted by Crippen LogP contribution is -2.61. The number of benzene rings is 1. The van der Waals surface area contributed by atoms with Crippen LogP contribution in [0.15, 0.2) is 30.5 Å². The molecule has 1 saturated heterocycles. The number of likely N-dealkylation sites (tertiary alicyclic amines) is 1. The lowest BCUT2D eigenvalue weighted by molar-refractivity contribution is -0.0668. The first-order chi connectivity index (χ1) is 8.07. The average Bonchev–Trinajstić information content (AvgIpc) is 2.68. The quantitative estimate of drug-likeness (QED) is 0.777. The number of rotatable bonds is 1. The van der Waals surface area contributed by atoms with Crippen LogP contribution in [0.3, 0.4) is 0 Å². The highest BCUT2D eigenvalue weighted by atomic mass is 16.3. The van der Waals surface area contributed by atoms with Gasteiger partial charge in [-0.15, -0.1) is 0 Å². The van der Waals surface area contributed by atoms with Crippen molar-refractivity contribution in [3.05, 3.63) is 36.0 Å². The van der Waals surface area contributed by atoms with Gasteiger partial charge < -0.3 is 15.0 Å². The fourth-order valence-corrected chi connectivity index (χ4v) is 2.34. The van der Waals surface area contributed by atoms with E-state index >= 15 is 0 Å². The first-order valence-electron chi connectivity index (χ1n) is 5.65. The van der Waals surface area contributed by atoms with Crippen molar-refractivity contribution < 1.29 is 9.90 Å². The number of hydrogen-bond donors (Lipinski definition) is 2. The molecule has 0 saturated carbocycles. The Hall–Kier alpha value is -1.81. The number of hydrogen-bond acceptors (Lipinski definition) is 2.